The molecule has 0 unspecified atom stereocenters. The van der Waals surface area contributed by atoms with Crippen molar-refractivity contribution in [3.63, 3.8) is 0 Å². The summed E-state index contributed by atoms with van der Waals surface area (Å²) in [5, 5.41) is 15.7. The molecule has 140 valence electrons. The number of aromatic nitrogens is 2. The van der Waals surface area contributed by atoms with Crippen LogP contribution in [0.3, 0.4) is 0 Å². The van der Waals surface area contributed by atoms with Crippen molar-refractivity contribution in [2.45, 2.75) is 52.5 Å². The Morgan fingerprint density at radius 1 is 1.16 bits per heavy atom. The first-order chi connectivity index (χ1) is 11.9. The number of nitrogens with zero attached hydrogens (tertiary/aromatic N) is 4. The molecule has 1 aliphatic heterocycles. The van der Waals surface area contributed by atoms with E-state index < -0.39 is 0 Å². The summed E-state index contributed by atoms with van der Waals surface area (Å²) in [5.74, 6) is 0. The SMILES string of the molecule is CC(C)(C)CN1CCN(c2nnc(NC(=O)NC3CCCC3)s2)CC1. The van der Waals surface area contributed by atoms with E-state index in [-0.39, 0.29) is 6.03 Å². The molecular formula is C17H30N6OS. The average Bonchev–Trinajstić information content (AvgIpc) is 3.18. The first-order valence-corrected chi connectivity index (χ1v) is 10.1. The first kappa shape index (κ1) is 18.4. The second-order valence-electron chi connectivity index (χ2n) is 8.29. The summed E-state index contributed by atoms with van der Waals surface area (Å²) >= 11 is 1.45. The standard InChI is InChI=1S/C17H30N6OS/c1-17(2,3)12-22-8-10-23(11-9-22)16-21-20-15(25-16)19-14(24)18-13-6-4-5-7-13/h13H,4-12H2,1-3H3,(H2,18,19,20,24). The average molecular weight is 367 g/mol. The lowest BCUT2D eigenvalue weighted by molar-refractivity contribution is 0.182. The lowest BCUT2D eigenvalue weighted by Crippen LogP contribution is -2.48. The van der Waals surface area contributed by atoms with Crippen LogP contribution in [-0.4, -0.2) is 59.9 Å². The number of anilines is 2. The molecule has 25 heavy (non-hydrogen) atoms. The van der Waals surface area contributed by atoms with Gasteiger partial charge < -0.3 is 10.2 Å². The van der Waals surface area contributed by atoms with E-state index in [1.54, 1.807) is 0 Å². The van der Waals surface area contributed by atoms with Crippen molar-refractivity contribution in [1.82, 2.24) is 20.4 Å². The van der Waals surface area contributed by atoms with Crippen LogP contribution in [0.25, 0.3) is 0 Å². The number of carbonyl (C=O) groups excluding carboxylic acids is 1. The quantitative estimate of drug-likeness (QED) is 0.857. The van der Waals surface area contributed by atoms with E-state index >= 15 is 0 Å². The Kier molecular flexibility index (Phi) is 5.78. The van der Waals surface area contributed by atoms with Crippen LogP contribution in [0, 0.1) is 5.41 Å². The third-order valence-corrected chi connectivity index (χ3v) is 5.57. The highest BCUT2D eigenvalue weighted by atomic mass is 32.1. The Morgan fingerprint density at radius 2 is 1.84 bits per heavy atom. The lowest BCUT2D eigenvalue weighted by Gasteiger charge is -2.37. The van der Waals surface area contributed by atoms with Crippen molar-refractivity contribution in [3.05, 3.63) is 0 Å². The van der Waals surface area contributed by atoms with Gasteiger partial charge in [-0.15, -0.1) is 10.2 Å². The minimum atomic E-state index is -0.162. The molecule has 0 atom stereocenters. The van der Waals surface area contributed by atoms with Crippen molar-refractivity contribution >= 4 is 27.6 Å². The number of hydrogen-bond acceptors (Lipinski definition) is 6. The summed E-state index contributed by atoms with van der Waals surface area (Å²) in [6.07, 6.45) is 4.56. The number of urea groups is 1. The van der Waals surface area contributed by atoms with Gasteiger partial charge in [0, 0.05) is 38.8 Å². The maximum Gasteiger partial charge on any atom is 0.321 e. The lowest BCUT2D eigenvalue weighted by atomic mass is 9.96. The van der Waals surface area contributed by atoms with E-state index in [0.29, 0.717) is 16.6 Å². The topological polar surface area (TPSA) is 73.4 Å². The molecular weight excluding hydrogens is 336 g/mol. The third-order valence-electron chi connectivity index (χ3n) is 4.67. The molecule has 7 nitrogen and oxygen atoms in total. The Balaban J connectivity index is 1.46. The van der Waals surface area contributed by atoms with Crippen LogP contribution in [0.1, 0.15) is 46.5 Å². The molecule has 0 spiro atoms. The third kappa shape index (κ3) is 5.54. The fourth-order valence-corrected chi connectivity index (χ4v) is 4.34. The predicted molar refractivity (Wildman–Crippen MR) is 102 cm³/mol. The van der Waals surface area contributed by atoms with Crippen LogP contribution in [0.15, 0.2) is 0 Å². The Hall–Kier alpha value is -1.41. The molecule has 3 rings (SSSR count). The summed E-state index contributed by atoms with van der Waals surface area (Å²) in [4.78, 5) is 16.8. The van der Waals surface area contributed by atoms with Gasteiger partial charge >= 0.3 is 6.03 Å². The maximum absolute atomic E-state index is 12.0. The van der Waals surface area contributed by atoms with Crippen LogP contribution >= 0.6 is 11.3 Å². The van der Waals surface area contributed by atoms with E-state index in [1.807, 2.05) is 0 Å². The van der Waals surface area contributed by atoms with Gasteiger partial charge in [0.1, 0.15) is 0 Å². The molecule has 2 amide bonds. The highest BCUT2D eigenvalue weighted by Gasteiger charge is 2.24. The van der Waals surface area contributed by atoms with Crippen molar-refractivity contribution < 1.29 is 4.79 Å². The molecule has 0 aromatic carbocycles. The van der Waals surface area contributed by atoms with Crippen molar-refractivity contribution in [3.8, 4) is 0 Å². The number of carbonyl (C=O) groups is 1. The van der Waals surface area contributed by atoms with Gasteiger partial charge in [-0.1, -0.05) is 44.9 Å². The normalized spacial score (nSPS) is 20.0. The van der Waals surface area contributed by atoms with Crippen LogP contribution in [0.5, 0.6) is 0 Å². The fourth-order valence-electron chi connectivity index (χ4n) is 3.55. The summed E-state index contributed by atoms with van der Waals surface area (Å²) < 4.78 is 0. The Bertz CT molecular complexity index is 570. The van der Waals surface area contributed by atoms with Gasteiger partial charge in [0.05, 0.1) is 0 Å². The monoisotopic (exact) mass is 366 g/mol. The molecule has 2 aliphatic rings. The van der Waals surface area contributed by atoms with E-state index in [4.69, 9.17) is 0 Å². The maximum atomic E-state index is 12.0. The van der Waals surface area contributed by atoms with Gasteiger partial charge in [0.2, 0.25) is 10.3 Å². The zero-order chi connectivity index (χ0) is 17.9. The smallest absolute Gasteiger partial charge is 0.321 e. The van der Waals surface area contributed by atoms with Gasteiger partial charge in [0.25, 0.3) is 0 Å². The van der Waals surface area contributed by atoms with Gasteiger partial charge in [-0.3, -0.25) is 10.2 Å². The molecule has 1 aromatic rings. The molecule has 2 N–H and O–H groups in total. The summed E-state index contributed by atoms with van der Waals surface area (Å²) in [5.41, 5.74) is 0.328. The second kappa shape index (κ2) is 7.86. The van der Waals surface area contributed by atoms with Crippen molar-refractivity contribution in [2.75, 3.05) is 42.9 Å². The zero-order valence-corrected chi connectivity index (χ0v) is 16.4. The minimum Gasteiger partial charge on any atom is -0.344 e. The zero-order valence-electron chi connectivity index (χ0n) is 15.5. The van der Waals surface area contributed by atoms with Crippen LogP contribution in [-0.2, 0) is 0 Å². The molecule has 1 aromatic heterocycles. The van der Waals surface area contributed by atoms with E-state index in [2.05, 4.69) is 51.4 Å². The molecule has 8 heteroatoms. The first-order valence-electron chi connectivity index (χ1n) is 9.27. The largest absolute Gasteiger partial charge is 0.344 e. The second-order valence-corrected chi connectivity index (χ2v) is 9.25. The Morgan fingerprint density at radius 3 is 2.48 bits per heavy atom. The van der Waals surface area contributed by atoms with Gasteiger partial charge in [-0.05, 0) is 18.3 Å². The molecule has 0 bridgehead atoms. The van der Waals surface area contributed by atoms with Gasteiger partial charge in [0.15, 0.2) is 0 Å². The predicted octanol–water partition coefficient (Wildman–Crippen LogP) is 2.77. The van der Waals surface area contributed by atoms with Crippen molar-refractivity contribution in [1.29, 1.82) is 0 Å². The number of rotatable bonds is 4. The molecule has 1 saturated carbocycles. The highest BCUT2D eigenvalue weighted by molar-refractivity contribution is 7.19. The molecule has 2 fully saturated rings. The fraction of sp³-hybridized carbons (Fsp3) is 0.824. The summed E-state index contributed by atoms with van der Waals surface area (Å²) in [6, 6.07) is 0.146. The van der Waals surface area contributed by atoms with E-state index in [0.717, 1.165) is 50.7 Å². The van der Waals surface area contributed by atoms with E-state index in [9.17, 15) is 4.79 Å². The molecule has 0 radical (unpaired) electrons. The van der Waals surface area contributed by atoms with Gasteiger partial charge in [-0.2, -0.15) is 0 Å². The van der Waals surface area contributed by atoms with Crippen LogP contribution in [0.2, 0.25) is 0 Å². The molecule has 1 aliphatic carbocycles. The van der Waals surface area contributed by atoms with Crippen LogP contribution < -0.4 is 15.5 Å². The molecule has 2 heterocycles. The highest BCUT2D eigenvalue weighted by Crippen LogP contribution is 2.26. The molecule has 1 saturated heterocycles. The number of amides is 2. The summed E-state index contributed by atoms with van der Waals surface area (Å²) in [6.45, 7) is 11.9. The van der Waals surface area contributed by atoms with Crippen LogP contribution in [0.4, 0.5) is 15.1 Å². The number of nitrogens with one attached hydrogen (secondary N) is 2. The summed E-state index contributed by atoms with van der Waals surface area (Å²) in [7, 11) is 0. The Labute approximate surface area is 154 Å². The van der Waals surface area contributed by atoms with Crippen molar-refractivity contribution in [2.24, 2.45) is 5.41 Å². The number of piperazine rings is 1. The van der Waals surface area contributed by atoms with E-state index in [1.165, 1.54) is 24.2 Å². The van der Waals surface area contributed by atoms with Gasteiger partial charge in [-0.25, -0.2) is 4.79 Å². The minimum absolute atomic E-state index is 0.162. The number of hydrogen-bond donors (Lipinski definition) is 2.